The number of carboxylic acid groups (broad SMARTS) is 1. The van der Waals surface area contributed by atoms with Crippen LogP contribution in [0.5, 0.6) is 0 Å². The minimum Gasteiger partial charge on any atom is -0.481 e. The largest absolute Gasteiger partial charge is 0.481 e. The fourth-order valence-electron chi connectivity index (χ4n) is 4.76. The maximum Gasteiger partial charge on any atom is 0.306 e. The Morgan fingerprint density at radius 2 is 1.91 bits per heavy atom. The Morgan fingerprint density at radius 1 is 1.16 bits per heavy atom. The molecule has 0 spiro atoms. The van der Waals surface area contributed by atoms with E-state index in [2.05, 4.69) is 4.98 Å². The van der Waals surface area contributed by atoms with E-state index in [0.29, 0.717) is 48.0 Å². The Labute approximate surface area is 186 Å². The lowest BCUT2D eigenvalue weighted by atomic mass is 9.82. The third kappa shape index (κ3) is 3.83. The van der Waals surface area contributed by atoms with Crippen LogP contribution in [-0.4, -0.2) is 21.8 Å². The van der Waals surface area contributed by atoms with Gasteiger partial charge in [0, 0.05) is 17.4 Å². The SMILES string of the molecule is CCC(=O)c1cc(-c2ccccc2F)c2c(C)c(C3=CCC(C(=O)O)CC3)c(C)cc2n1. The van der Waals surface area contributed by atoms with E-state index in [9.17, 15) is 19.1 Å². The zero-order valence-corrected chi connectivity index (χ0v) is 18.5. The molecule has 32 heavy (non-hydrogen) atoms. The number of benzene rings is 2. The van der Waals surface area contributed by atoms with Crippen molar-refractivity contribution in [2.75, 3.05) is 0 Å². The number of aromatic nitrogens is 1. The molecule has 0 bridgehead atoms. The van der Waals surface area contributed by atoms with Crippen LogP contribution >= 0.6 is 0 Å². The number of aliphatic carboxylic acids is 1. The fraction of sp³-hybridized carbons (Fsp3) is 0.296. The van der Waals surface area contributed by atoms with E-state index >= 15 is 0 Å². The van der Waals surface area contributed by atoms with Crippen LogP contribution in [0.4, 0.5) is 4.39 Å². The number of Topliss-reactive ketones (excluding diaryl/α,β-unsaturated/α-hetero) is 1. The van der Waals surface area contributed by atoms with Crippen LogP contribution in [0.1, 0.15) is 59.8 Å². The molecule has 164 valence electrons. The molecule has 0 saturated heterocycles. The number of pyridine rings is 1. The van der Waals surface area contributed by atoms with E-state index in [1.165, 1.54) is 6.07 Å². The van der Waals surface area contributed by atoms with Gasteiger partial charge in [0.2, 0.25) is 0 Å². The van der Waals surface area contributed by atoms with E-state index in [1.807, 2.05) is 26.0 Å². The summed E-state index contributed by atoms with van der Waals surface area (Å²) in [6.07, 6.45) is 4.13. The smallest absolute Gasteiger partial charge is 0.306 e. The van der Waals surface area contributed by atoms with Crippen molar-refractivity contribution in [3.05, 3.63) is 70.7 Å². The zero-order valence-electron chi connectivity index (χ0n) is 18.5. The van der Waals surface area contributed by atoms with Crippen LogP contribution in [0.3, 0.4) is 0 Å². The summed E-state index contributed by atoms with van der Waals surface area (Å²) in [5.74, 6) is -1.54. The van der Waals surface area contributed by atoms with E-state index in [4.69, 9.17) is 0 Å². The Hall–Kier alpha value is -3.34. The van der Waals surface area contributed by atoms with Crippen LogP contribution in [0, 0.1) is 25.6 Å². The van der Waals surface area contributed by atoms with Gasteiger partial charge in [-0.1, -0.05) is 31.2 Å². The van der Waals surface area contributed by atoms with Crippen molar-refractivity contribution in [3.63, 3.8) is 0 Å². The van der Waals surface area contributed by atoms with E-state index in [1.54, 1.807) is 31.2 Å². The molecule has 4 rings (SSSR count). The number of allylic oxidation sites excluding steroid dienone is 2. The number of nitrogens with zero attached hydrogens (tertiary/aromatic N) is 1. The number of ketones is 1. The van der Waals surface area contributed by atoms with Gasteiger partial charge in [-0.25, -0.2) is 9.37 Å². The molecule has 0 saturated carbocycles. The summed E-state index contributed by atoms with van der Waals surface area (Å²) in [6, 6.07) is 10.2. The lowest BCUT2D eigenvalue weighted by molar-refractivity contribution is -0.141. The minimum atomic E-state index is -0.758. The lowest BCUT2D eigenvalue weighted by Crippen LogP contribution is -2.16. The Kier molecular flexibility index (Phi) is 5.92. The van der Waals surface area contributed by atoms with Gasteiger partial charge < -0.3 is 5.11 Å². The topological polar surface area (TPSA) is 67.3 Å². The fourth-order valence-corrected chi connectivity index (χ4v) is 4.76. The Balaban J connectivity index is 1.99. The van der Waals surface area contributed by atoms with Crippen LogP contribution in [0.2, 0.25) is 0 Å². The van der Waals surface area contributed by atoms with E-state index in [-0.39, 0.29) is 17.5 Å². The Morgan fingerprint density at radius 3 is 2.53 bits per heavy atom. The number of hydrogen-bond acceptors (Lipinski definition) is 3. The van der Waals surface area contributed by atoms with Crippen molar-refractivity contribution in [2.45, 2.75) is 46.5 Å². The van der Waals surface area contributed by atoms with Gasteiger partial charge in [0.1, 0.15) is 11.5 Å². The third-order valence-corrected chi connectivity index (χ3v) is 6.40. The second-order valence-corrected chi connectivity index (χ2v) is 8.44. The summed E-state index contributed by atoms with van der Waals surface area (Å²) in [7, 11) is 0. The molecule has 1 N–H and O–H groups in total. The van der Waals surface area contributed by atoms with Crippen molar-refractivity contribution < 1.29 is 19.1 Å². The summed E-state index contributed by atoms with van der Waals surface area (Å²) >= 11 is 0. The third-order valence-electron chi connectivity index (χ3n) is 6.40. The average Bonchev–Trinajstić information content (AvgIpc) is 2.78. The molecule has 1 atom stereocenters. The summed E-state index contributed by atoms with van der Waals surface area (Å²) < 4.78 is 14.8. The van der Waals surface area contributed by atoms with Crippen molar-refractivity contribution in [2.24, 2.45) is 5.92 Å². The summed E-state index contributed by atoms with van der Waals surface area (Å²) in [4.78, 5) is 28.5. The predicted octanol–water partition coefficient (Wildman–Crippen LogP) is 6.52. The van der Waals surface area contributed by atoms with Gasteiger partial charge in [0.25, 0.3) is 0 Å². The summed E-state index contributed by atoms with van der Waals surface area (Å²) in [5, 5.41) is 10.1. The highest BCUT2D eigenvalue weighted by Crippen LogP contribution is 2.40. The highest BCUT2D eigenvalue weighted by molar-refractivity contribution is 6.05. The molecule has 0 radical (unpaired) electrons. The van der Waals surface area contributed by atoms with E-state index < -0.39 is 5.97 Å². The molecule has 2 aromatic carbocycles. The standard InChI is InChI=1S/C27H26FNO3/c1-4-24(30)22-14-20(19-7-5-6-8-21(19)28)26-16(3)25(15(2)13-23(26)29-22)17-9-11-18(12-10-17)27(31)32/h5-9,13-14,18H,4,10-12H2,1-3H3,(H,31,32). The average molecular weight is 432 g/mol. The van der Waals surface area contributed by atoms with Gasteiger partial charge in [0.15, 0.2) is 5.78 Å². The van der Waals surface area contributed by atoms with Gasteiger partial charge in [-0.2, -0.15) is 0 Å². The first-order valence-electron chi connectivity index (χ1n) is 11.0. The molecular formula is C27H26FNO3. The maximum absolute atomic E-state index is 14.8. The van der Waals surface area contributed by atoms with Crippen molar-refractivity contribution in [3.8, 4) is 11.1 Å². The number of fused-ring (bicyclic) bond motifs is 1. The first-order chi connectivity index (χ1) is 15.3. The molecule has 1 aliphatic rings. The molecule has 1 aliphatic carbocycles. The lowest BCUT2D eigenvalue weighted by Gasteiger charge is -2.23. The second-order valence-electron chi connectivity index (χ2n) is 8.44. The molecule has 3 aromatic rings. The number of carbonyl (C=O) groups is 2. The normalized spacial score (nSPS) is 16.1. The number of carbonyl (C=O) groups excluding carboxylic acids is 1. The summed E-state index contributed by atoms with van der Waals surface area (Å²) in [5.41, 5.74) is 6.27. The number of carboxylic acids is 1. The van der Waals surface area contributed by atoms with Gasteiger partial charge in [-0.3, -0.25) is 9.59 Å². The molecule has 1 heterocycles. The van der Waals surface area contributed by atoms with Gasteiger partial charge in [-0.05, 0) is 79.1 Å². The Bertz CT molecular complexity index is 1280. The molecule has 0 aliphatic heterocycles. The number of rotatable bonds is 5. The van der Waals surface area contributed by atoms with E-state index in [0.717, 1.165) is 27.6 Å². The van der Waals surface area contributed by atoms with Crippen molar-refractivity contribution >= 4 is 28.2 Å². The molecule has 5 heteroatoms. The second kappa shape index (κ2) is 8.65. The number of hydrogen-bond donors (Lipinski definition) is 1. The first kappa shape index (κ1) is 21.9. The van der Waals surface area contributed by atoms with Crippen LogP contribution in [0.25, 0.3) is 27.6 Å². The van der Waals surface area contributed by atoms with Crippen LogP contribution < -0.4 is 0 Å². The quantitative estimate of drug-likeness (QED) is 0.467. The molecule has 1 aromatic heterocycles. The van der Waals surface area contributed by atoms with Crippen molar-refractivity contribution in [1.29, 1.82) is 0 Å². The first-order valence-corrected chi connectivity index (χ1v) is 11.0. The monoisotopic (exact) mass is 431 g/mol. The van der Waals surface area contributed by atoms with Crippen molar-refractivity contribution in [1.82, 2.24) is 4.98 Å². The maximum atomic E-state index is 14.8. The minimum absolute atomic E-state index is 0.0847. The number of aryl methyl sites for hydroxylation is 2. The molecule has 4 nitrogen and oxygen atoms in total. The van der Waals surface area contributed by atoms with Crippen LogP contribution in [0.15, 0.2) is 42.5 Å². The number of halogens is 1. The molecule has 1 unspecified atom stereocenters. The van der Waals surface area contributed by atoms with Gasteiger partial charge in [0.05, 0.1) is 11.4 Å². The highest BCUT2D eigenvalue weighted by atomic mass is 19.1. The van der Waals surface area contributed by atoms with Gasteiger partial charge in [-0.15, -0.1) is 0 Å². The molecular weight excluding hydrogens is 405 g/mol. The highest BCUT2D eigenvalue weighted by Gasteiger charge is 2.24. The van der Waals surface area contributed by atoms with Crippen LogP contribution in [-0.2, 0) is 4.79 Å². The van der Waals surface area contributed by atoms with Gasteiger partial charge >= 0.3 is 5.97 Å². The summed E-state index contributed by atoms with van der Waals surface area (Å²) in [6.45, 7) is 5.79. The predicted molar refractivity (Wildman–Crippen MR) is 124 cm³/mol. The molecule has 0 fully saturated rings. The molecule has 0 amide bonds. The zero-order chi connectivity index (χ0) is 23.0.